The van der Waals surface area contributed by atoms with Gasteiger partial charge in [-0.15, -0.1) is 0 Å². The van der Waals surface area contributed by atoms with Crippen LogP contribution in [0.15, 0.2) is 18.1 Å². The van der Waals surface area contributed by atoms with Gasteiger partial charge in [0.25, 0.3) is 0 Å². The highest BCUT2D eigenvalue weighted by Crippen LogP contribution is 2.22. The predicted octanol–water partition coefficient (Wildman–Crippen LogP) is 2.59. The Kier molecular flexibility index (Phi) is 2.68. The first-order valence-corrected chi connectivity index (χ1v) is 4.69. The van der Waals surface area contributed by atoms with E-state index in [1.54, 1.807) is 6.92 Å². The molecule has 0 N–H and O–H groups in total. The third-order valence-corrected chi connectivity index (χ3v) is 1.94. The molecule has 1 aromatic rings. The maximum atomic E-state index is 11.2. The number of esters is 1. The predicted molar refractivity (Wildman–Crippen MR) is 58.3 cm³/mol. The third-order valence-electron chi connectivity index (χ3n) is 1.75. The SMILES string of the molecule is [2H]c1c([2H])c(OC(C)C(=O)OC)c(C)c([2H])c1Cl. The second-order valence-electron chi connectivity index (χ2n) is 2.93. The van der Waals surface area contributed by atoms with Crippen molar-refractivity contribution in [2.24, 2.45) is 0 Å². The minimum atomic E-state index is -0.919. The van der Waals surface area contributed by atoms with Gasteiger partial charge in [-0.1, -0.05) is 11.6 Å². The molecule has 0 saturated carbocycles. The number of hydrogen-bond acceptors (Lipinski definition) is 3. The van der Waals surface area contributed by atoms with Crippen molar-refractivity contribution in [2.45, 2.75) is 20.0 Å². The van der Waals surface area contributed by atoms with E-state index in [1.807, 2.05) is 0 Å². The number of ether oxygens (including phenoxy) is 2. The van der Waals surface area contributed by atoms with Crippen LogP contribution in [0.4, 0.5) is 0 Å². The van der Waals surface area contributed by atoms with E-state index < -0.39 is 12.1 Å². The Morgan fingerprint density at radius 2 is 2.27 bits per heavy atom. The second-order valence-corrected chi connectivity index (χ2v) is 3.30. The number of rotatable bonds is 3. The first kappa shape index (κ1) is 7.99. The van der Waals surface area contributed by atoms with Crippen molar-refractivity contribution in [3.8, 4) is 5.75 Å². The molecular weight excluding hydrogens is 216 g/mol. The summed E-state index contributed by atoms with van der Waals surface area (Å²) in [6.45, 7) is 3.01. The van der Waals surface area contributed by atoms with Crippen molar-refractivity contribution in [3.05, 3.63) is 28.7 Å². The zero-order valence-electron chi connectivity index (χ0n) is 11.7. The highest BCUT2D eigenvalue weighted by molar-refractivity contribution is 6.30. The maximum absolute atomic E-state index is 11.2. The lowest BCUT2D eigenvalue weighted by atomic mass is 10.2. The summed E-state index contributed by atoms with van der Waals surface area (Å²) >= 11 is 5.74. The van der Waals surface area contributed by atoms with Crippen molar-refractivity contribution in [2.75, 3.05) is 7.11 Å². The molecule has 0 radical (unpaired) electrons. The summed E-state index contributed by atoms with van der Waals surface area (Å²) in [5, 5.41) is -0.101. The molecule has 1 aromatic carbocycles. The van der Waals surface area contributed by atoms with Gasteiger partial charge in [-0.25, -0.2) is 4.79 Å². The molecular formula is C11H13ClO3. The minimum absolute atomic E-state index is 0.00676. The molecule has 0 bridgehead atoms. The molecule has 3 nitrogen and oxygen atoms in total. The van der Waals surface area contributed by atoms with Crippen molar-refractivity contribution >= 4 is 17.6 Å². The summed E-state index contributed by atoms with van der Waals surface area (Å²) < 4.78 is 32.8. The number of benzene rings is 1. The first-order valence-electron chi connectivity index (χ1n) is 5.81. The van der Waals surface area contributed by atoms with E-state index in [9.17, 15) is 4.79 Å². The number of methoxy groups -OCH3 is 1. The van der Waals surface area contributed by atoms with Gasteiger partial charge in [-0.3, -0.25) is 0 Å². The minimum Gasteiger partial charge on any atom is -0.479 e. The Labute approximate surface area is 98.2 Å². The highest BCUT2D eigenvalue weighted by Gasteiger charge is 2.15. The van der Waals surface area contributed by atoms with Gasteiger partial charge < -0.3 is 9.47 Å². The van der Waals surface area contributed by atoms with Crippen LogP contribution in [-0.4, -0.2) is 19.2 Å². The Morgan fingerprint density at radius 3 is 2.87 bits per heavy atom. The van der Waals surface area contributed by atoms with Gasteiger partial charge >= 0.3 is 5.97 Å². The van der Waals surface area contributed by atoms with E-state index in [2.05, 4.69) is 4.74 Å². The van der Waals surface area contributed by atoms with Crippen LogP contribution in [0.5, 0.6) is 5.75 Å². The summed E-state index contributed by atoms with van der Waals surface area (Å²) in [5.74, 6) is -0.589. The molecule has 0 aliphatic carbocycles. The third kappa shape index (κ3) is 3.13. The van der Waals surface area contributed by atoms with Gasteiger partial charge in [0.1, 0.15) is 5.75 Å². The summed E-state index contributed by atoms with van der Waals surface area (Å²) in [5.41, 5.74) is 0.316. The van der Waals surface area contributed by atoms with Crippen LogP contribution in [0.2, 0.25) is 5.02 Å². The quantitative estimate of drug-likeness (QED) is 0.751. The summed E-state index contributed by atoms with van der Waals surface area (Å²) in [4.78, 5) is 11.2. The molecule has 0 aliphatic rings. The van der Waals surface area contributed by atoms with Gasteiger partial charge in [0, 0.05) is 5.02 Å². The zero-order valence-corrected chi connectivity index (χ0v) is 9.44. The average Bonchev–Trinajstić information content (AvgIpc) is 2.37. The van der Waals surface area contributed by atoms with Crippen molar-refractivity contribution in [1.82, 2.24) is 0 Å². The summed E-state index contributed by atoms with van der Waals surface area (Å²) in [6, 6.07) is -0.617. The van der Waals surface area contributed by atoms with E-state index in [0.29, 0.717) is 5.56 Å². The van der Waals surface area contributed by atoms with Gasteiger partial charge in [0.2, 0.25) is 0 Å². The van der Waals surface area contributed by atoms with E-state index in [0.717, 1.165) is 0 Å². The smallest absolute Gasteiger partial charge is 0.346 e. The molecule has 0 spiro atoms. The van der Waals surface area contributed by atoms with Crippen LogP contribution in [0, 0.1) is 6.92 Å². The van der Waals surface area contributed by atoms with Gasteiger partial charge in [-0.2, -0.15) is 0 Å². The van der Waals surface area contributed by atoms with Crippen LogP contribution in [0.1, 0.15) is 16.6 Å². The summed E-state index contributed by atoms with van der Waals surface area (Å²) in [6.07, 6.45) is -0.919. The normalized spacial score (nSPS) is 14.8. The highest BCUT2D eigenvalue weighted by atomic mass is 35.5. The van der Waals surface area contributed by atoms with Gasteiger partial charge in [0.15, 0.2) is 6.10 Å². The molecule has 0 heterocycles. The van der Waals surface area contributed by atoms with Crippen LogP contribution < -0.4 is 4.74 Å². The van der Waals surface area contributed by atoms with Crippen LogP contribution in [0.3, 0.4) is 0 Å². The number of halogens is 1. The van der Waals surface area contributed by atoms with Crippen molar-refractivity contribution in [3.63, 3.8) is 0 Å². The monoisotopic (exact) mass is 231 g/mol. The molecule has 0 fully saturated rings. The molecule has 0 aromatic heterocycles. The van der Waals surface area contributed by atoms with E-state index in [-0.39, 0.29) is 28.9 Å². The Balaban J connectivity index is 3.22. The van der Waals surface area contributed by atoms with Gasteiger partial charge in [-0.05, 0) is 37.5 Å². The standard InChI is InChI=1S/C11H13ClO3/c1-7-6-9(12)4-5-10(7)15-8(2)11(13)14-3/h4-6,8H,1-3H3/i4D,5D,6D. The molecule has 1 unspecified atom stereocenters. The number of carbonyl (C=O) groups excluding carboxylic acids is 1. The zero-order chi connectivity index (χ0) is 14.0. The lowest BCUT2D eigenvalue weighted by Gasteiger charge is -2.14. The molecule has 1 rings (SSSR count). The molecule has 4 heteroatoms. The maximum Gasteiger partial charge on any atom is 0.346 e. The molecule has 1 atom stereocenters. The Hall–Kier alpha value is -1.22. The topological polar surface area (TPSA) is 35.5 Å². The Morgan fingerprint density at radius 1 is 1.60 bits per heavy atom. The lowest BCUT2D eigenvalue weighted by molar-refractivity contribution is -0.147. The lowest BCUT2D eigenvalue weighted by Crippen LogP contribution is -2.25. The Bertz CT molecular complexity index is 462. The average molecular weight is 232 g/mol. The fourth-order valence-electron chi connectivity index (χ4n) is 0.967. The fraction of sp³-hybridized carbons (Fsp3) is 0.364. The number of hydrogen-bond donors (Lipinski definition) is 0. The molecule has 0 saturated heterocycles. The molecule has 0 amide bonds. The molecule has 0 aliphatic heterocycles. The van der Waals surface area contributed by atoms with Crippen LogP contribution >= 0.6 is 11.6 Å². The number of carbonyl (C=O) groups is 1. The first-order chi connectivity index (χ1) is 8.31. The largest absolute Gasteiger partial charge is 0.479 e. The van der Waals surface area contributed by atoms with Crippen molar-refractivity contribution < 1.29 is 18.4 Å². The molecule has 82 valence electrons. The van der Waals surface area contributed by atoms with E-state index >= 15 is 0 Å². The summed E-state index contributed by atoms with van der Waals surface area (Å²) in [7, 11) is 1.23. The fourth-order valence-corrected chi connectivity index (χ4v) is 1.16. The van der Waals surface area contributed by atoms with Crippen LogP contribution in [0.25, 0.3) is 0 Å². The van der Waals surface area contributed by atoms with Crippen LogP contribution in [-0.2, 0) is 9.53 Å². The second kappa shape index (κ2) is 5.03. The van der Waals surface area contributed by atoms with Gasteiger partial charge in [0.05, 0.1) is 11.2 Å². The van der Waals surface area contributed by atoms with E-state index in [4.69, 9.17) is 20.5 Å². The van der Waals surface area contributed by atoms with Crippen molar-refractivity contribution in [1.29, 1.82) is 0 Å². The van der Waals surface area contributed by atoms with E-state index in [1.165, 1.54) is 14.0 Å². The molecule has 15 heavy (non-hydrogen) atoms.